The van der Waals surface area contributed by atoms with E-state index >= 15 is 0 Å². The maximum Gasteiger partial charge on any atom is 0.319 e. The first-order valence-corrected chi connectivity index (χ1v) is 8.31. The number of nitrogens with one attached hydrogen (secondary N) is 3. The summed E-state index contributed by atoms with van der Waals surface area (Å²) in [5.74, 6) is 2.24. The van der Waals surface area contributed by atoms with Gasteiger partial charge in [-0.05, 0) is 31.5 Å². The topological polar surface area (TPSA) is 82.2 Å². The Morgan fingerprint density at radius 3 is 2.60 bits per heavy atom. The van der Waals surface area contributed by atoms with Crippen LogP contribution in [0.3, 0.4) is 0 Å². The minimum atomic E-state index is -0.305. The van der Waals surface area contributed by atoms with Crippen LogP contribution in [0.15, 0.2) is 24.3 Å². The third-order valence-corrected chi connectivity index (χ3v) is 3.68. The lowest BCUT2D eigenvalue weighted by molar-refractivity contribution is 0.252. The van der Waals surface area contributed by atoms with E-state index in [0.717, 1.165) is 17.2 Å². The van der Waals surface area contributed by atoms with Crippen molar-refractivity contribution in [3.05, 3.63) is 40.7 Å². The summed E-state index contributed by atoms with van der Waals surface area (Å²) in [7, 11) is 3.85. The summed E-state index contributed by atoms with van der Waals surface area (Å²) in [5, 5.41) is 9.18. The van der Waals surface area contributed by atoms with Crippen molar-refractivity contribution in [3.8, 4) is 0 Å². The van der Waals surface area contributed by atoms with E-state index in [2.05, 4.69) is 25.9 Å². The summed E-state index contributed by atoms with van der Waals surface area (Å²) in [5.41, 5.74) is 1.62. The highest BCUT2D eigenvalue weighted by atomic mass is 35.5. The third kappa shape index (κ3) is 5.79. The maximum atomic E-state index is 11.9. The summed E-state index contributed by atoms with van der Waals surface area (Å²) in [6, 6.07) is 7.03. The molecule has 0 saturated carbocycles. The van der Waals surface area contributed by atoms with E-state index in [4.69, 9.17) is 11.6 Å². The highest BCUT2D eigenvalue weighted by Gasteiger charge is 2.06. The standard InChI is InChI=1S/C17H23ClN6O/c1-11-5-6-14(13(18)9-11)23-17(25)20-8-7-19-15-10-16(24(3)4)22-12(2)21-15/h5-6,9-10H,7-8H2,1-4H3,(H,19,21,22)(H2,20,23,25). The molecule has 0 aliphatic carbocycles. The zero-order valence-corrected chi connectivity index (χ0v) is 15.6. The van der Waals surface area contributed by atoms with Gasteiger partial charge in [0, 0.05) is 33.3 Å². The van der Waals surface area contributed by atoms with Crippen LogP contribution in [-0.4, -0.2) is 43.2 Å². The van der Waals surface area contributed by atoms with E-state index in [1.54, 1.807) is 12.1 Å². The average molecular weight is 363 g/mol. The van der Waals surface area contributed by atoms with Crippen molar-refractivity contribution in [3.63, 3.8) is 0 Å². The fraction of sp³-hybridized carbons (Fsp3) is 0.353. The van der Waals surface area contributed by atoms with E-state index in [9.17, 15) is 4.79 Å². The van der Waals surface area contributed by atoms with Gasteiger partial charge in [0.2, 0.25) is 0 Å². The summed E-state index contributed by atoms with van der Waals surface area (Å²) >= 11 is 6.10. The molecular weight excluding hydrogens is 340 g/mol. The van der Waals surface area contributed by atoms with Crippen LogP contribution in [0.4, 0.5) is 22.1 Å². The van der Waals surface area contributed by atoms with Gasteiger partial charge in [0.1, 0.15) is 17.5 Å². The Labute approximate surface area is 152 Å². The molecule has 1 aromatic heterocycles. The van der Waals surface area contributed by atoms with Gasteiger partial charge in [0.05, 0.1) is 10.7 Å². The molecule has 0 bridgehead atoms. The second-order valence-corrected chi connectivity index (χ2v) is 6.25. The monoisotopic (exact) mass is 362 g/mol. The van der Waals surface area contributed by atoms with Crippen molar-refractivity contribution in [2.75, 3.05) is 42.7 Å². The molecule has 0 fully saturated rings. The largest absolute Gasteiger partial charge is 0.368 e. The predicted octanol–water partition coefficient (Wildman–Crippen LogP) is 3.05. The molecule has 7 nitrogen and oxygen atoms in total. The molecule has 2 rings (SSSR count). The Balaban J connectivity index is 1.80. The first-order chi connectivity index (χ1) is 11.8. The number of carbonyl (C=O) groups is 1. The second-order valence-electron chi connectivity index (χ2n) is 5.84. The van der Waals surface area contributed by atoms with Crippen LogP contribution in [0.2, 0.25) is 5.02 Å². The van der Waals surface area contributed by atoms with E-state index in [1.807, 2.05) is 45.0 Å². The number of aromatic nitrogens is 2. The van der Waals surface area contributed by atoms with Crippen molar-refractivity contribution < 1.29 is 4.79 Å². The van der Waals surface area contributed by atoms with Gasteiger partial charge >= 0.3 is 6.03 Å². The molecule has 0 saturated heterocycles. The van der Waals surface area contributed by atoms with Gasteiger partial charge in [0.25, 0.3) is 0 Å². The number of nitrogens with zero attached hydrogens (tertiary/aromatic N) is 3. The lowest BCUT2D eigenvalue weighted by Crippen LogP contribution is -2.32. The number of hydrogen-bond acceptors (Lipinski definition) is 5. The van der Waals surface area contributed by atoms with Gasteiger partial charge < -0.3 is 20.9 Å². The molecule has 0 aliphatic heterocycles. The summed E-state index contributed by atoms with van der Waals surface area (Å²) in [6.45, 7) is 4.77. The third-order valence-electron chi connectivity index (χ3n) is 3.37. The van der Waals surface area contributed by atoms with Crippen LogP contribution in [0, 0.1) is 13.8 Å². The van der Waals surface area contributed by atoms with E-state index in [1.165, 1.54) is 0 Å². The van der Waals surface area contributed by atoms with Gasteiger partial charge in [-0.15, -0.1) is 0 Å². The van der Waals surface area contributed by atoms with Gasteiger partial charge in [-0.1, -0.05) is 17.7 Å². The number of urea groups is 1. The molecule has 1 heterocycles. The number of anilines is 3. The van der Waals surface area contributed by atoms with Gasteiger partial charge in [-0.3, -0.25) is 0 Å². The van der Waals surface area contributed by atoms with Crippen molar-refractivity contribution in [2.24, 2.45) is 0 Å². The smallest absolute Gasteiger partial charge is 0.319 e. The summed E-state index contributed by atoms with van der Waals surface area (Å²) in [6.07, 6.45) is 0. The number of rotatable bonds is 6. The second kappa shape index (κ2) is 8.53. The lowest BCUT2D eigenvalue weighted by atomic mass is 10.2. The molecule has 134 valence electrons. The number of hydrogen-bond donors (Lipinski definition) is 3. The molecule has 25 heavy (non-hydrogen) atoms. The first kappa shape index (κ1) is 18.8. The Kier molecular flexibility index (Phi) is 6.41. The molecule has 8 heteroatoms. The fourth-order valence-electron chi connectivity index (χ4n) is 2.13. The molecule has 2 amide bonds. The van der Waals surface area contributed by atoms with Crippen LogP contribution in [0.5, 0.6) is 0 Å². The number of aryl methyl sites for hydroxylation is 2. The van der Waals surface area contributed by atoms with Gasteiger partial charge in [0.15, 0.2) is 0 Å². The maximum absolute atomic E-state index is 11.9. The zero-order chi connectivity index (χ0) is 18.4. The molecule has 2 aromatic rings. The molecule has 3 N–H and O–H groups in total. The summed E-state index contributed by atoms with van der Waals surface area (Å²) < 4.78 is 0. The van der Waals surface area contributed by atoms with Crippen LogP contribution >= 0.6 is 11.6 Å². The molecule has 0 radical (unpaired) electrons. The van der Waals surface area contributed by atoms with Crippen molar-refractivity contribution >= 4 is 35.0 Å². The van der Waals surface area contributed by atoms with Crippen LogP contribution in [0.25, 0.3) is 0 Å². The van der Waals surface area contributed by atoms with Gasteiger partial charge in [-0.2, -0.15) is 0 Å². The Morgan fingerprint density at radius 2 is 1.92 bits per heavy atom. The Hall–Kier alpha value is -2.54. The quantitative estimate of drug-likeness (QED) is 0.688. The highest BCUT2D eigenvalue weighted by Crippen LogP contribution is 2.22. The minimum Gasteiger partial charge on any atom is -0.368 e. The molecule has 0 unspecified atom stereocenters. The molecule has 0 atom stereocenters. The number of amides is 2. The molecule has 0 spiro atoms. The number of halogens is 1. The first-order valence-electron chi connectivity index (χ1n) is 7.93. The molecule has 1 aromatic carbocycles. The minimum absolute atomic E-state index is 0.305. The lowest BCUT2D eigenvalue weighted by Gasteiger charge is -2.14. The Bertz CT molecular complexity index is 750. The normalized spacial score (nSPS) is 10.3. The van der Waals surface area contributed by atoms with E-state index < -0.39 is 0 Å². The molecule has 0 aliphatic rings. The van der Waals surface area contributed by atoms with Crippen molar-refractivity contribution in [1.82, 2.24) is 15.3 Å². The van der Waals surface area contributed by atoms with E-state index in [0.29, 0.717) is 29.6 Å². The van der Waals surface area contributed by atoms with Crippen molar-refractivity contribution in [1.29, 1.82) is 0 Å². The van der Waals surface area contributed by atoms with Crippen LogP contribution < -0.4 is 20.9 Å². The Morgan fingerprint density at radius 1 is 1.16 bits per heavy atom. The predicted molar refractivity (Wildman–Crippen MR) is 103 cm³/mol. The van der Waals surface area contributed by atoms with E-state index in [-0.39, 0.29) is 6.03 Å². The fourth-order valence-corrected chi connectivity index (χ4v) is 2.41. The van der Waals surface area contributed by atoms with Crippen molar-refractivity contribution in [2.45, 2.75) is 13.8 Å². The summed E-state index contributed by atoms with van der Waals surface area (Å²) in [4.78, 5) is 22.5. The zero-order valence-electron chi connectivity index (χ0n) is 14.9. The number of carbonyl (C=O) groups excluding carboxylic acids is 1. The van der Waals surface area contributed by atoms with Crippen LogP contribution in [0.1, 0.15) is 11.4 Å². The van der Waals surface area contributed by atoms with Gasteiger partial charge in [-0.25, -0.2) is 14.8 Å². The average Bonchev–Trinajstić information content (AvgIpc) is 2.54. The van der Waals surface area contributed by atoms with Crippen LogP contribution in [-0.2, 0) is 0 Å². The molecular formula is C17H23ClN6O. The SMILES string of the molecule is Cc1ccc(NC(=O)NCCNc2cc(N(C)C)nc(C)n2)c(Cl)c1. The number of benzene rings is 1. The highest BCUT2D eigenvalue weighted by molar-refractivity contribution is 6.33.